The zero-order chi connectivity index (χ0) is 14.1. The van der Waals surface area contributed by atoms with Gasteiger partial charge in [0.05, 0.1) is 6.10 Å². The van der Waals surface area contributed by atoms with E-state index in [-0.39, 0.29) is 24.9 Å². The first kappa shape index (κ1) is 18.9. The van der Waals surface area contributed by atoms with Crippen LogP contribution < -0.4 is 10.5 Å². The standard InChI is InChI=1S/C15H23NO3.ClH/c1-2-3-4-5-9-15(18)19-13-8-6-7-12(10-13)14(17)11-16;/h6-8,10,14,17H,2-5,9,11,16H2,1H3;1H. The molecule has 0 saturated carbocycles. The Morgan fingerprint density at radius 3 is 2.75 bits per heavy atom. The summed E-state index contributed by atoms with van der Waals surface area (Å²) in [6, 6.07) is 6.86. The first-order valence-corrected chi connectivity index (χ1v) is 6.86. The molecule has 4 nitrogen and oxygen atoms in total. The molecule has 1 rings (SSSR count). The molecule has 5 heteroatoms. The highest BCUT2D eigenvalue weighted by Crippen LogP contribution is 2.19. The quantitative estimate of drug-likeness (QED) is 0.440. The molecule has 0 aromatic heterocycles. The van der Waals surface area contributed by atoms with E-state index in [4.69, 9.17) is 10.5 Å². The first-order valence-electron chi connectivity index (χ1n) is 6.86. The summed E-state index contributed by atoms with van der Waals surface area (Å²) in [6.45, 7) is 2.28. The molecule has 0 amide bonds. The summed E-state index contributed by atoms with van der Waals surface area (Å²) < 4.78 is 5.24. The molecule has 1 unspecified atom stereocenters. The van der Waals surface area contributed by atoms with Crippen LogP contribution in [0.3, 0.4) is 0 Å². The third kappa shape index (κ3) is 6.89. The van der Waals surface area contributed by atoms with Crippen LogP contribution in [0, 0.1) is 0 Å². The minimum absolute atomic E-state index is 0. The van der Waals surface area contributed by atoms with Gasteiger partial charge in [-0.1, -0.05) is 38.3 Å². The van der Waals surface area contributed by atoms with E-state index in [0.717, 1.165) is 25.7 Å². The second-order valence-corrected chi connectivity index (χ2v) is 4.61. The minimum atomic E-state index is -0.719. The molecule has 1 aromatic rings. The summed E-state index contributed by atoms with van der Waals surface area (Å²) in [5.74, 6) is 0.237. The van der Waals surface area contributed by atoms with Gasteiger partial charge < -0.3 is 15.6 Å². The fraction of sp³-hybridized carbons (Fsp3) is 0.533. The number of ether oxygens (including phenoxy) is 1. The summed E-state index contributed by atoms with van der Waals surface area (Å²) >= 11 is 0. The number of aliphatic hydroxyl groups is 1. The Bertz CT molecular complexity index is 398. The summed E-state index contributed by atoms with van der Waals surface area (Å²) in [6.07, 6.45) is 3.92. The van der Waals surface area contributed by atoms with Gasteiger partial charge in [-0.2, -0.15) is 0 Å². The number of rotatable bonds is 8. The predicted molar refractivity (Wildman–Crippen MR) is 82.1 cm³/mol. The van der Waals surface area contributed by atoms with Gasteiger partial charge in [-0.3, -0.25) is 4.79 Å². The van der Waals surface area contributed by atoms with Gasteiger partial charge in [-0.15, -0.1) is 12.4 Å². The van der Waals surface area contributed by atoms with Crippen molar-refractivity contribution in [3.63, 3.8) is 0 Å². The van der Waals surface area contributed by atoms with Crippen LogP contribution in [-0.4, -0.2) is 17.6 Å². The lowest BCUT2D eigenvalue weighted by molar-refractivity contribution is -0.134. The number of hydrogen-bond acceptors (Lipinski definition) is 4. The fourth-order valence-electron chi connectivity index (χ4n) is 1.80. The van der Waals surface area contributed by atoms with Crippen LogP contribution in [0.2, 0.25) is 0 Å². The maximum atomic E-state index is 11.6. The van der Waals surface area contributed by atoms with Crippen LogP contribution in [-0.2, 0) is 4.79 Å². The summed E-state index contributed by atoms with van der Waals surface area (Å²) in [7, 11) is 0. The zero-order valence-electron chi connectivity index (χ0n) is 11.9. The molecule has 0 bridgehead atoms. The largest absolute Gasteiger partial charge is 0.427 e. The van der Waals surface area contributed by atoms with E-state index in [1.54, 1.807) is 24.3 Å². The Morgan fingerprint density at radius 1 is 1.35 bits per heavy atom. The Morgan fingerprint density at radius 2 is 2.10 bits per heavy atom. The molecule has 0 radical (unpaired) electrons. The van der Waals surface area contributed by atoms with Crippen molar-refractivity contribution in [2.45, 2.75) is 45.1 Å². The van der Waals surface area contributed by atoms with Crippen LogP contribution in [0.1, 0.15) is 50.7 Å². The topological polar surface area (TPSA) is 72.5 Å². The number of esters is 1. The SMILES string of the molecule is CCCCCCC(=O)Oc1cccc(C(O)CN)c1.Cl. The second kappa shape index (κ2) is 10.7. The first-order chi connectivity index (χ1) is 9.17. The number of aliphatic hydroxyl groups excluding tert-OH is 1. The van der Waals surface area contributed by atoms with E-state index in [0.29, 0.717) is 17.7 Å². The lowest BCUT2D eigenvalue weighted by Crippen LogP contribution is -2.12. The van der Waals surface area contributed by atoms with Crippen LogP contribution in [0.5, 0.6) is 5.75 Å². The highest BCUT2D eigenvalue weighted by molar-refractivity contribution is 5.85. The molecule has 1 aromatic carbocycles. The molecule has 0 fully saturated rings. The number of carbonyl (C=O) groups is 1. The van der Waals surface area contributed by atoms with Crippen molar-refractivity contribution in [2.24, 2.45) is 5.73 Å². The monoisotopic (exact) mass is 301 g/mol. The highest BCUT2D eigenvalue weighted by Gasteiger charge is 2.08. The van der Waals surface area contributed by atoms with E-state index in [1.165, 1.54) is 0 Å². The van der Waals surface area contributed by atoms with Gasteiger partial charge in [0.25, 0.3) is 0 Å². The predicted octanol–water partition coefficient (Wildman–Crippen LogP) is 2.98. The fourth-order valence-corrected chi connectivity index (χ4v) is 1.80. The van der Waals surface area contributed by atoms with E-state index >= 15 is 0 Å². The summed E-state index contributed by atoms with van der Waals surface area (Å²) in [5, 5.41) is 9.62. The number of nitrogens with two attached hydrogens (primary N) is 1. The molecule has 0 aliphatic rings. The van der Waals surface area contributed by atoms with E-state index in [1.807, 2.05) is 0 Å². The van der Waals surface area contributed by atoms with Crippen molar-refractivity contribution in [3.05, 3.63) is 29.8 Å². The summed E-state index contributed by atoms with van der Waals surface area (Å²) in [4.78, 5) is 11.6. The molecule has 114 valence electrons. The van der Waals surface area contributed by atoms with Crippen molar-refractivity contribution in [2.75, 3.05) is 6.54 Å². The van der Waals surface area contributed by atoms with E-state index < -0.39 is 6.10 Å². The lowest BCUT2D eigenvalue weighted by atomic mass is 10.1. The number of halogens is 1. The molecular weight excluding hydrogens is 278 g/mol. The molecule has 20 heavy (non-hydrogen) atoms. The van der Waals surface area contributed by atoms with Gasteiger partial charge in [-0.25, -0.2) is 0 Å². The minimum Gasteiger partial charge on any atom is -0.427 e. The van der Waals surface area contributed by atoms with Crippen LogP contribution >= 0.6 is 12.4 Å². The van der Waals surface area contributed by atoms with Crippen LogP contribution in [0.25, 0.3) is 0 Å². The Hall–Kier alpha value is -1.10. The second-order valence-electron chi connectivity index (χ2n) is 4.61. The van der Waals surface area contributed by atoms with Crippen molar-refractivity contribution < 1.29 is 14.6 Å². The van der Waals surface area contributed by atoms with Gasteiger partial charge in [-0.05, 0) is 24.1 Å². The molecule has 0 spiro atoms. The van der Waals surface area contributed by atoms with Gasteiger partial charge in [0.1, 0.15) is 5.75 Å². The molecule has 0 aliphatic heterocycles. The number of unbranched alkanes of at least 4 members (excludes halogenated alkanes) is 3. The van der Waals surface area contributed by atoms with Crippen LogP contribution in [0.15, 0.2) is 24.3 Å². The maximum absolute atomic E-state index is 11.6. The molecule has 0 aliphatic carbocycles. The molecular formula is C15H24ClNO3. The number of carbonyl (C=O) groups excluding carboxylic acids is 1. The Kier molecular flexibility index (Phi) is 10.1. The highest BCUT2D eigenvalue weighted by atomic mass is 35.5. The van der Waals surface area contributed by atoms with E-state index in [2.05, 4.69) is 6.92 Å². The molecule has 3 N–H and O–H groups in total. The van der Waals surface area contributed by atoms with Gasteiger partial charge in [0, 0.05) is 13.0 Å². The van der Waals surface area contributed by atoms with Crippen molar-refractivity contribution >= 4 is 18.4 Å². The zero-order valence-corrected chi connectivity index (χ0v) is 12.7. The third-order valence-corrected chi connectivity index (χ3v) is 2.93. The van der Waals surface area contributed by atoms with Gasteiger partial charge >= 0.3 is 5.97 Å². The normalized spacial score (nSPS) is 11.6. The lowest BCUT2D eigenvalue weighted by Gasteiger charge is -2.10. The molecule has 1 atom stereocenters. The van der Waals surface area contributed by atoms with E-state index in [9.17, 15) is 9.90 Å². The van der Waals surface area contributed by atoms with Crippen molar-refractivity contribution in [3.8, 4) is 5.75 Å². The van der Waals surface area contributed by atoms with Crippen molar-refractivity contribution in [1.29, 1.82) is 0 Å². The Labute approximate surface area is 126 Å². The molecule has 0 heterocycles. The average molecular weight is 302 g/mol. The third-order valence-electron chi connectivity index (χ3n) is 2.93. The maximum Gasteiger partial charge on any atom is 0.311 e. The smallest absolute Gasteiger partial charge is 0.311 e. The summed E-state index contributed by atoms with van der Waals surface area (Å²) in [5.41, 5.74) is 6.06. The van der Waals surface area contributed by atoms with Gasteiger partial charge in [0.15, 0.2) is 0 Å². The number of hydrogen-bond donors (Lipinski definition) is 2. The number of benzene rings is 1. The average Bonchev–Trinajstić information content (AvgIpc) is 2.43. The van der Waals surface area contributed by atoms with Crippen LogP contribution in [0.4, 0.5) is 0 Å². The Balaban J connectivity index is 0.00000361. The molecule has 0 saturated heterocycles. The van der Waals surface area contributed by atoms with Crippen molar-refractivity contribution in [1.82, 2.24) is 0 Å². The van der Waals surface area contributed by atoms with Gasteiger partial charge in [0.2, 0.25) is 0 Å².